The number of carbonyl (C=O) groups excluding carboxylic acids is 1. The molecule has 0 saturated heterocycles. The number of likely N-dealkylation sites (N-methyl/N-ethyl adjacent to an activating group) is 1. The molecule has 0 saturated carbocycles. The van der Waals surface area contributed by atoms with E-state index in [1.807, 2.05) is 0 Å². The number of hydrogen-bond acceptors (Lipinski definition) is 1. The maximum atomic E-state index is 9.95. The summed E-state index contributed by atoms with van der Waals surface area (Å²) in [7, 11) is 1.56. The van der Waals surface area contributed by atoms with Crippen LogP contribution in [0.15, 0.2) is 12.7 Å². The molecule has 2 nitrogen and oxygen atoms in total. The van der Waals surface area contributed by atoms with Crippen molar-refractivity contribution in [2.45, 2.75) is 0 Å². The molecule has 7 heavy (non-hydrogen) atoms. The van der Waals surface area contributed by atoms with Gasteiger partial charge >= 0.3 is 0 Å². The van der Waals surface area contributed by atoms with Gasteiger partial charge in [-0.2, -0.15) is 0 Å². The first-order chi connectivity index (χ1) is 2.81. The van der Waals surface area contributed by atoms with Crippen LogP contribution in [0, 0.1) is 0 Å². The number of rotatable bonds is 1. The molecule has 0 spiro atoms. The highest BCUT2D eigenvalue weighted by atomic mass is 35.5. The average Bonchev–Trinajstić information content (AvgIpc) is 1.65. The van der Waals surface area contributed by atoms with Crippen molar-refractivity contribution < 1.29 is 4.79 Å². The Labute approximate surface area is 49.0 Å². The first-order valence-electron chi connectivity index (χ1n) is 1.65. The van der Waals surface area contributed by atoms with Crippen LogP contribution in [0.25, 0.3) is 0 Å². The van der Waals surface area contributed by atoms with E-state index in [0.717, 1.165) is 0 Å². The van der Waals surface area contributed by atoms with Gasteiger partial charge in [-0.05, 0) is 6.08 Å². The summed E-state index contributed by atoms with van der Waals surface area (Å²) in [6.07, 6.45) is 1.22. The molecule has 0 unspecified atom stereocenters. The third kappa shape index (κ3) is 5.50. The van der Waals surface area contributed by atoms with Crippen LogP contribution in [0.1, 0.15) is 0 Å². The van der Waals surface area contributed by atoms with E-state index in [1.54, 1.807) is 7.05 Å². The van der Waals surface area contributed by atoms with Crippen molar-refractivity contribution in [3.8, 4) is 0 Å². The lowest BCUT2D eigenvalue weighted by molar-refractivity contribution is -0.116. The molecule has 0 fully saturated rings. The molecule has 0 atom stereocenters. The minimum atomic E-state index is -0.144. The summed E-state index contributed by atoms with van der Waals surface area (Å²) in [5, 5.41) is 2.36. The zero-order valence-corrected chi connectivity index (χ0v) is 4.92. The van der Waals surface area contributed by atoms with Gasteiger partial charge in [0.25, 0.3) is 0 Å². The summed E-state index contributed by atoms with van der Waals surface area (Å²) < 4.78 is 0. The summed E-state index contributed by atoms with van der Waals surface area (Å²) in [5.41, 5.74) is 0. The fraction of sp³-hybridized carbons (Fsp3) is 0.250. The molecule has 0 aliphatic rings. The van der Waals surface area contributed by atoms with Crippen molar-refractivity contribution >= 4 is 18.3 Å². The SMILES string of the molecule is C=CC(=O)NC.Cl. The topological polar surface area (TPSA) is 29.1 Å². The Morgan fingerprint density at radius 2 is 2.29 bits per heavy atom. The Balaban J connectivity index is 0. The van der Waals surface area contributed by atoms with E-state index < -0.39 is 0 Å². The summed E-state index contributed by atoms with van der Waals surface area (Å²) in [5.74, 6) is -0.144. The monoisotopic (exact) mass is 121 g/mol. The molecule has 0 aromatic rings. The Hall–Kier alpha value is -0.500. The van der Waals surface area contributed by atoms with Crippen LogP contribution < -0.4 is 5.32 Å². The zero-order chi connectivity index (χ0) is 4.99. The van der Waals surface area contributed by atoms with Gasteiger partial charge in [0.05, 0.1) is 0 Å². The third-order valence-corrected chi connectivity index (χ3v) is 0.432. The highest BCUT2D eigenvalue weighted by molar-refractivity contribution is 5.86. The van der Waals surface area contributed by atoms with Gasteiger partial charge in [-0.3, -0.25) is 4.79 Å². The van der Waals surface area contributed by atoms with Gasteiger partial charge < -0.3 is 5.32 Å². The first kappa shape index (κ1) is 9.71. The fourth-order valence-corrected chi connectivity index (χ4v) is 0.102. The highest BCUT2D eigenvalue weighted by Gasteiger charge is 1.78. The van der Waals surface area contributed by atoms with E-state index in [4.69, 9.17) is 0 Å². The maximum absolute atomic E-state index is 9.95. The number of amides is 1. The van der Waals surface area contributed by atoms with Crippen LogP contribution in [-0.2, 0) is 4.79 Å². The van der Waals surface area contributed by atoms with Crippen molar-refractivity contribution in [1.29, 1.82) is 0 Å². The largest absolute Gasteiger partial charge is 0.356 e. The molecule has 1 amide bonds. The molecule has 0 aliphatic heterocycles. The second-order valence-electron chi connectivity index (χ2n) is 0.818. The highest BCUT2D eigenvalue weighted by Crippen LogP contribution is 1.56. The third-order valence-electron chi connectivity index (χ3n) is 0.432. The summed E-state index contributed by atoms with van der Waals surface area (Å²) in [6.45, 7) is 3.22. The molecule has 0 aromatic heterocycles. The Kier molecular flexibility index (Phi) is 7.63. The van der Waals surface area contributed by atoms with Crippen LogP contribution >= 0.6 is 12.4 Å². The normalized spacial score (nSPS) is 5.86. The van der Waals surface area contributed by atoms with Gasteiger partial charge in [-0.15, -0.1) is 12.4 Å². The molecular weight excluding hydrogens is 114 g/mol. The molecule has 3 heteroatoms. The van der Waals surface area contributed by atoms with Crippen molar-refractivity contribution in [3.05, 3.63) is 12.7 Å². The number of carbonyl (C=O) groups is 1. The summed E-state index contributed by atoms with van der Waals surface area (Å²) >= 11 is 0. The van der Waals surface area contributed by atoms with Crippen molar-refractivity contribution in [3.63, 3.8) is 0 Å². The van der Waals surface area contributed by atoms with E-state index in [1.165, 1.54) is 6.08 Å². The molecule has 0 rings (SSSR count). The number of hydrogen-bond donors (Lipinski definition) is 1. The molecule has 0 radical (unpaired) electrons. The van der Waals surface area contributed by atoms with E-state index >= 15 is 0 Å². The maximum Gasteiger partial charge on any atom is 0.243 e. The van der Waals surface area contributed by atoms with Crippen molar-refractivity contribution in [2.24, 2.45) is 0 Å². The lowest BCUT2D eigenvalue weighted by Gasteiger charge is -1.82. The molecular formula is C4H8ClNO. The lowest BCUT2D eigenvalue weighted by Crippen LogP contribution is -2.13. The van der Waals surface area contributed by atoms with Gasteiger partial charge in [0, 0.05) is 7.05 Å². The van der Waals surface area contributed by atoms with Crippen LogP contribution in [0.5, 0.6) is 0 Å². The first-order valence-corrected chi connectivity index (χ1v) is 1.65. The molecule has 0 aliphatic carbocycles. The summed E-state index contributed by atoms with van der Waals surface area (Å²) in [6, 6.07) is 0. The van der Waals surface area contributed by atoms with Crippen LogP contribution in [0.3, 0.4) is 0 Å². The predicted octanol–water partition coefficient (Wildman–Crippen LogP) is 0.340. The van der Waals surface area contributed by atoms with Crippen LogP contribution in [-0.4, -0.2) is 13.0 Å². The number of nitrogens with one attached hydrogen (secondary N) is 1. The molecule has 0 aromatic carbocycles. The van der Waals surface area contributed by atoms with Gasteiger partial charge in [0.2, 0.25) is 5.91 Å². The van der Waals surface area contributed by atoms with Gasteiger partial charge in [-0.25, -0.2) is 0 Å². The fourth-order valence-electron chi connectivity index (χ4n) is 0.102. The smallest absolute Gasteiger partial charge is 0.243 e. The van der Waals surface area contributed by atoms with Gasteiger partial charge in [-0.1, -0.05) is 6.58 Å². The molecule has 0 bridgehead atoms. The molecule has 0 heterocycles. The average molecular weight is 122 g/mol. The second-order valence-corrected chi connectivity index (χ2v) is 0.818. The minimum absolute atomic E-state index is 0. The van der Waals surface area contributed by atoms with E-state index in [-0.39, 0.29) is 18.3 Å². The van der Waals surface area contributed by atoms with E-state index in [9.17, 15) is 4.79 Å². The lowest BCUT2D eigenvalue weighted by atomic mass is 10.6. The minimum Gasteiger partial charge on any atom is -0.356 e. The Bertz CT molecular complexity index is 72.1. The van der Waals surface area contributed by atoms with Gasteiger partial charge in [0.1, 0.15) is 0 Å². The van der Waals surface area contributed by atoms with E-state index in [2.05, 4.69) is 11.9 Å². The van der Waals surface area contributed by atoms with Gasteiger partial charge in [0.15, 0.2) is 0 Å². The predicted molar refractivity (Wildman–Crippen MR) is 31.5 cm³/mol. The molecule has 1 N–H and O–H groups in total. The van der Waals surface area contributed by atoms with Crippen molar-refractivity contribution in [1.82, 2.24) is 5.32 Å². The van der Waals surface area contributed by atoms with Crippen molar-refractivity contribution in [2.75, 3.05) is 7.05 Å². The number of halogens is 1. The second kappa shape index (κ2) is 5.50. The quantitative estimate of drug-likeness (QED) is 0.498. The summed E-state index contributed by atoms with van der Waals surface area (Å²) in [4.78, 5) is 9.95. The molecule has 42 valence electrons. The Morgan fingerprint density at radius 3 is 2.29 bits per heavy atom. The van der Waals surface area contributed by atoms with E-state index in [0.29, 0.717) is 0 Å². The van der Waals surface area contributed by atoms with Crippen LogP contribution in [0.2, 0.25) is 0 Å². The van der Waals surface area contributed by atoms with Crippen LogP contribution in [0.4, 0.5) is 0 Å². The Morgan fingerprint density at radius 1 is 1.86 bits per heavy atom. The standard InChI is InChI=1S/C4H7NO.ClH/c1-3-4(6)5-2;/h3H,1H2,2H3,(H,5,6);1H. The zero-order valence-electron chi connectivity index (χ0n) is 4.10.